The van der Waals surface area contributed by atoms with Gasteiger partial charge in [0.25, 0.3) is 0 Å². The second-order valence-corrected chi connectivity index (χ2v) is 8.38. The quantitative estimate of drug-likeness (QED) is 0.729. The van der Waals surface area contributed by atoms with Crippen molar-refractivity contribution in [1.29, 1.82) is 0 Å². The lowest BCUT2D eigenvalue weighted by molar-refractivity contribution is 0.594. The molecule has 0 bridgehead atoms. The molecule has 0 unspecified atom stereocenters. The van der Waals surface area contributed by atoms with Gasteiger partial charge in [0.1, 0.15) is 5.82 Å². The summed E-state index contributed by atoms with van der Waals surface area (Å²) in [6.45, 7) is 1.60. The summed E-state index contributed by atoms with van der Waals surface area (Å²) in [5, 5.41) is 0. The van der Waals surface area contributed by atoms with E-state index in [9.17, 15) is 17.6 Å². The molecule has 3 aromatic rings. The SMILES string of the molecule is Cc1cc(CS(=O)(=O)c2ccc3c(c2)sc(=O)n3C)ccc1F. The molecule has 0 aliphatic heterocycles. The van der Waals surface area contributed by atoms with Gasteiger partial charge in [-0.1, -0.05) is 23.5 Å². The molecule has 2 aromatic carbocycles. The van der Waals surface area contributed by atoms with Crippen LogP contribution in [0.1, 0.15) is 11.1 Å². The van der Waals surface area contributed by atoms with E-state index in [0.717, 1.165) is 11.3 Å². The Morgan fingerprint density at radius 2 is 1.91 bits per heavy atom. The molecule has 0 aliphatic carbocycles. The predicted octanol–water partition coefficient (Wildman–Crippen LogP) is 3.02. The summed E-state index contributed by atoms with van der Waals surface area (Å²) >= 11 is 1.01. The van der Waals surface area contributed by atoms with Crippen LogP contribution in [0.5, 0.6) is 0 Å². The zero-order valence-electron chi connectivity index (χ0n) is 12.5. The van der Waals surface area contributed by atoms with Crippen molar-refractivity contribution in [3.63, 3.8) is 0 Å². The highest BCUT2D eigenvalue weighted by atomic mass is 32.2. The Balaban J connectivity index is 2.01. The van der Waals surface area contributed by atoms with Crippen LogP contribution in [-0.2, 0) is 22.6 Å². The molecule has 120 valence electrons. The number of benzene rings is 2. The molecule has 23 heavy (non-hydrogen) atoms. The van der Waals surface area contributed by atoms with E-state index in [-0.39, 0.29) is 21.3 Å². The first-order valence-corrected chi connectivity index (χ1v) is 9.32. The minimum atomic E-state index is -3.57. The highest BCUT2D eigenvalue weighted by Gasteiger charge is 2.17. The van der Waals surface area contributed by atoms with Gasteiger partial charge >= 0.3 is 4.87 Å². The Hall–Kier alpha value is -1.99. The number of fused-ring (bicyclic) bond motifs is 1. The standard InChI is InChI=1S/C16H14FNO3S2/c1-10-7-11(3-5-13(10)17)9-23(20,21)12-4-6-14-15(8-12)22-16(19)18(14)2/h3-8H,9H2,1-2H3. The van der Waals surface area contributed by atoms with Crippen molar-refractivity contribution >= 4 is 31.4 Å². The Bertz CT molecular complexity index is 1060. The average molecular weight is 351 g/mol. The molecular weight excluding hydrogens is 337 g/mol. The molecule has 0 saturated carbocycles. The van der Waals surface area contributed by atoms with E-state index in [4.69, 9.17) is 0 Å². The number of hydrogen-bond acceptors (Lipinski definition) is 4. The first kappa shape index (κ1) is 15.9. The molecule has 0 aliphatic rings. The van der Waals surface area contributed by atoms with Gasteiger partial charge in [-0.2, -0.15) is 0 Å². The van der Waals surface area contributed by atoms with Crippen molar-refractivity contribution in [1.82, 2.24) is 4.57 Å². The van der Waals surface area contributed by atoms with Crippen LogP contribution in [0.3, 0.4) is 0 Å². The third-order valence-electron chi connectivity index (χ3n) is 3.70. The lowest BCUT2D eigenvalue weighted by atomic mass is 10.1. The number of aromatic nitrogens is 1. The third kappa shape index (κ3) is 2.94. The molecule has 1 heterocycles. The van der Waals surface area contributed by atoms with Gasteiger partial charge in [0.2, 0.25) is 0 Å². The van der Waals surface area contributed by atoms with Crippen LogP contribution in [0.2, 0.25) is 0 Å². The summed E-state index contributed by atoms with van der Waals surface area (Å²) in [5.41, 5.74) is 1.65. The summed E-state index contributed by atoms with van der Waals surface area (Å²) in [6.07, 6.45) is 0. The number of rotatable bonds is 3. The van der Waals surface area contributed by atoms with Gasteiger partial charge < -0.3 is 4.57 Å². The average Bonchev–Trinajstić information content (AvgIpc) is 2.77. The normalized spacial score (nSPS) is 12.0. The molecule has 0 radical (unpaired) electrons. The van der Waals surface area contributed by atoms with E-state index >= 15 is 0 Å². The molecule has 0 atom stereocenters. The van der Waals surface area contributed by atoms with Gasteiger partial charge in [-0.05, 0) is 42.3 Å². The fourth-order valence-electron chi connectivity index (χ4n) is 2.41. The van der Waals surface area contributed by atoms with Crippen molar-refractivity contribution in [2.24, 2.45) is 7.05 Å². The molecular formula is C16H14FNO3S2. The number of thiazole rings is 1. The van der Waals surface area contributed by atoms with E-state index in [1.165, 1.54) is 34.9 Å². The van der Waals surface area contributed by atoms with Gasteiger partial charge in [0, 0.05) is 7.05 Å². The summed E-state index contributed by atoms with van der Waals surface area (Å²) in [6, 6.07) is 8.93. The number of aryl methyl sites for hydroxylation is 2. The topological polar surface area (TPSA) is 56.1 Å². The maximum absolute atomic E-state index is 13.3. The summed E-state index contributed by atoms with van der Waals surface area (Å²) in [5.74, 6) is -0.567. The van der Waals surface area contributed by atoms with E-state index in [1.54, 1.807) is 20.0 Å². The Labute approximate surface area is 136 Å². The van der Waals surface area contributed by atoms with Crippen molar-refractivity contribution in [2.45, 2.75) is 17.6 Å². The van der Waals surface area contributed by atoms with Gasteiger partial charge in [-0.25, -0.2) is 12.8 Å². The lowest BCUT2D eigenvalue weighted by Crippen LogP contribution is -2.07. The molecule has 0 fully saturated rings. The van der Waals surface area contributed by atoms with E-state index in [1.807, 2.05) is 0 Å². The molecule has 1 aromatic heterocycles. The molecule has 0 spiro atoms. The summed E-state index contributed by atoms with van der Waals surface area (Å²) in [4.78, 5) is 11.7. The van der Waals surface area contributed by atoms with E-state index in [0.29, 0.717) is 21.3 Å². The van der Waals surface area contributed by atoms with E-state index < -0.39 is 9.84 Å². The number of hydrogen-bond donors (Lipinski definition) is 0. The summed E-state index contributed by atoms with van der Waals surface area (Å²) < 4.78 is 40.5. The zero-order valence-corrected chi connectivity index (χ0v) is 14.2. The van der Waals surface area contributed by atoms with Gasteiger partial charge in [-0.15, -0.1) is 0 Å². The fourth-order valence-corrected chi connectivity index (χ4v) is 4.76. The third-order valence-corrected chi connectivity index (χ3v) is 6.38. The lowest BCUT2D eigenvalue weighted by Gasteiger charge is -2.06. The van der Waals surface area contributed by atoms with Gasteiger partial charge in [0.15, 0.2) is 9.84 Å². The Kier molecular flexibility index (Phi) is 3.85. The summed E-state index contributed by atoms with van der Waals surface area (Å²) in [7, 11) is -1.92. The first-order chi connectivity index (χ1) is 10.8. The number of sulfone groups is 1. The highest BCUT2D eigenvalue weighted by molar-refractivity contribution is 7.90. The largest absolute Gasteiger partial charge is 0.307 e. The molecule has 7 heteroatoms. The molecule has 0 amide bonds. The molecule has 0 saturated heterocycles. The Morgan fingerprint density at radius 3 is 2.61 bits per heavy atom. The van der Waals surface area contributed by atoms with Crippen LogP contribution >= 0.6 is 11.3 Å². The minimum Gasteiger partial charge on any atom is -0.302 e. The van der Waals surface area contributed by atoms with Crippen molar-refractivity contribution in [3.8, 4) is 0 Å². The second-order valence-electron chi connectivity index (χ2n) is 5.40. The molecule has 4 nitrogen and oxygen atoms in total. The van der Waals surface area contributed by atoms with Crippen LogP contribution in [0.4, 0.5) is 4.39 Å². The van der Waals surface area contributed by atoms with Crippen LogP contribution in [0, 0.1) is 12.7 Å². The van der Waals surface area contributed by atoms with Crippen LogP contribution < -0.4 is 4.87 Å². The monoisotopic (exact) mass is 351 g/mol. The minimum absolute atomic E-state index is 0.135. The van der Waals surface area contributed by atoms with Crippen molar-refractivity contribution in [2.75, 3.05) is 0 Å². The molecule has 3 rings (SSSR count). The Morgan fingerprint density at radius 1 is 1.17 bits per heavy atom. The van der Waals surface area contributed by atoms with Crippen LogP contribution in [-0.4, -0.2) is 13.0 Å². The van der Waals surface area contributed by atoms with Crippen LogP contribution in [0.15, 0.2) is 46.1 Å². The fraction of sp³-hybridized carbons (Fsp3) is 0.188. The van der Waals surface area contributed by atoms with Crippen molar-refractivity contribution < 1.29 is 12.8 Å². The van der Waals surface area contributed by atoms with E-state index in [2.05, 4.69) is 0 Å². The first-order valence-electron chi connectivity index (χ1n) is 6.85. The number of nitrogens with zero attached hydrogens (tertiary/aromatic N) is 1. The van der Waals surface area contributed by atoms with Crippen LogP contribution in [0.25, 0.3) is 10.2 Å². The van der Waals surface area contributed by atoms with Gasteiger partial charge in [-0.3, -0.25) is 4.79 Å². The molecule has 0 N–H and O–H groups in total. The maximum atomic E-state index is 13.3. The predicted molar refractivity (Wildman–Crippen MR) is 89.1 cm³/mol. The maximum Gasteiger partial charge on any atom is 0.307 e. The zero-order chi connectivity index (χ0) is 16.8. The number of halogens is 1. The second kappa shape index (κ2) is 5.58. The van der Waals surface area contributed by atoms with Gasteiger partial charge in [0.05, 0.1) is 20.9 Å². The van der Waals surface area contributed by atoms with Crippen molar-refractivity contribution in [3.05, 3.63) is 63.0 Å². The highest BCUT2D eigenvalue weighted by Crippen LogP contribution is 2.24. The smallest absolute Gasteiger partial charge is 0.302 e.